The first-order valence-corrected chi connectivity index (χ1v) is 8.54. The number of amides is 1. The van der Waals surface area contributed by atoms with Crippen LogP contribution in [0.5, 0.6) is 5.75 Å². The van der Waals surface area contributed by atoms with E-state index in [0.717, 1.165) is 17.7 Å². The van der Waals surface area contributed by atoms with Crippen LogP contribution in [0.3, 0.4) is 0 Å². The molecule has 1 unspecified atom stereocenters. The highest BCUT2D eigenvalue weighted by atomic mass is 16.5. The summed E-state index contributed by atoms with van der Waals surface area (Å²) < 4.78 is 5.74. The van der Waals surface area contributed by atoms with Crippen LogP contribution in [0.25, 0.3) is 0 Å². The topological polar surface area (TPSA) is 91.3 Å². The van der Waals surface area contributed by atoms with Crippen LogP contribution in [0.2, 0.25) is 0 Å². The Labute approximate surface area is 147 Å². The van der Waals surface area contributed by atoms with E-state index in [2.05, 4.69) is 21.5 Å². The molecule has 25 heavy (non-hydrogen) atoms. The Morgan fingerprint density at radius 3 is 3.00 bits per heavy atom. The van der Waals surface area contributed by atoms with E-state index >= 15 is 0 Å². The van der Waals surface area contributed by atoms with Gasteiger partial charge in [0, 0.05) is 6.54 Å². The third-order valence-electron chi connectivity index (χ3n) is 4.62. The second-order valence-corrected chi connectivity index (χ2v) is 6.67. The Hall–Kier alpha value is -2.41. The summed E-state index contributed by atoms with van der Waals surface area (Å²) in [6.45, 7) is 5.23. The number of aryl methyl sites for hydroxylation is 2. The smallest absolute Gasteiger partial charge is 0.226 e. The van der Waals surface area contributed by atoms with Gasteiger partial charge in [-0.2, -0.15) is 15.4 Å². The molecule has 1 aliphatic heterocycles. The lowest BCUT2D eigenvalue weighted by Gasteiger charge is -2.38. The van der Waals surface area contributed by atoms with Crippen LogP contribution < -0.4 is 4.74 Å². The van der Waals surface area contributed by atoms with Crippen molar-refractivity contribution in [1.29, 1.82) is 0 Å². The quantitative estimate of drug-likeness (QED) is 0.861. The van der Waals surface area contributed by atoms with E-state index < -0.39 is 5.60 Å². The summed E-state index contributed by atoms with van der Waals surface area (Å²) >= 11 is 0. The zero-order valence-electron chi connectivity index (χ0n) is 14.7. The van der Waals surface area contributed by atoms with Crippen LogP contribution >= 0.6 is 0 Å². The Kier molecular flexibility index (Phi) is 5.03. The highest BCUT2D eigenvalue weighted by Gasteiger charge is 2.38. The number of rotatable bonds is 5. The molecule has 0 spiro atoms. The number of nitrogens with zero attached hydrogens (tertiary/aromatic N) is 3. The predicted molar refractivity (Wildman–Crippen MR) is 92.1 cm³/mol. The molecule has 0 aliphatic carbocycles. The molecule has 1 aromatic heterocycles. The van der Waals surface area contributed by atoms with Crippen molar-refractivity contribution in [2.24, 2.45) is 0 Å². The van der Waals surface area contributed by atoms with Gasteiger partial charge in [0.2, 0.25) is 5.91 Å². The third-order valence-corrected chi connectivity index (χ3v) is 4.62. The molecule has 3 rings (SSSR count). The van der Waals surface area contributed by atoms with Gasteiger partial charge in [-0.25, -0.2) is 0 Å². The minimum Gasteiger partial charge on any atom is -0.493 e. The fraction of sp³-hybridized carbons (Fsp3) is 0.500. The highest BCUT2D eigenvalue weighted by molar-refractivity contribution is 5.76. The van der Waals surface area contributed by atoms with E-state index in [9.17, 15) is 9.90 Å². The Morgan fingerprint density at radius 2 is 2.28 bits per heavy atom. The summed E-state index contributed by atoms with van der Waals surface area (Å²) in [5.41, 5.74) is 1.60. The number of β-amino-alcohol motifs (C(OH)–C–C–N with tert-alkyl or cyclic N) is 1. The number of ether oxygens (including phenoxy) is 1. The van der Waals surface area contributed by atoms with E-state index in [1.54, 1.807) is 4.90 Å². The lowest BCUT2D eigenvalue weighted by atomic mass is 9.90. The standard InChI is InChI=1S/C18H24N4O3/c1-13-4-5-15(14(2)10-13)25-9-6-17(23)22-8-3-7-18(24,12-22)16-11-19-21-20-16/h4-5,10-11,24H,3,6-9,12H2,1-2H3,(H,19,20,21). The number of hydrogen-bond acceptors (Lipinski definition) is 5. The number of aliphatic hydroxyl groups is 1. The van der Waals surface area contributed by atoms with Crippen LogP contribution in [0, 0.1) is 13.8 Å². The number of carbonyl (C=O) groups is 1. The fourth-order valence-corrected chi connectivity index (χ4v) is 3.25. The summed E-state index contributed by atoms with van der Waals surface area (Å²) in [5, 5.41) is 21.0. The van der Waals surface area contributed by atoms with E-state index in [4.69, 9.17) is 4.74 Å². The van der Waals surface area contributed by atoms with Gasteiger partial charge in [0.1, 0.15) is 17.0 Å². The maximum absolute atomic E-state index is 12.5. The maximum atomic E-state index is 12.5. The van der Waals surface area contributed by atoms with Crippen LogP contribution in [0.4, 0.5) is 0 Å². The molecule has 1 amide bonds. The molecule has 134 valence electrons. The molecule has 1 atom stereocenters. The van der Waals surface area contributed by atoms with Crippen molar-refractivity contribution in [1.82, 2.24) is 20.3 Å². The second-order valence-electron chi connectivity index (χ2n) is 6.67. The Balaban J connectivity index is 1.54. The van der Waals surface area contributed by atoms with E-state index in [0.29, 0.717) is 25.3 Å². The minimum atomic E-state index is -1.13. The molecular weight excluding hydrogens is 320 g/mol. The summed E-state index contributed by atoms with van der Waals surface area (Å²) in [7, 11) is 0. The Morgan fingerprint density at radius 1 is 1.44 bits per heavy atom. The van der Waals surface area contributed by atoms with Crippen molar-refractivity contribution in [3.63, 3.8) is 0 Å². The van der Waals surface area contributed by atoms with Gasteiger partial charge in [-0.15, -0.1) is 0 Å². The van der Waals surface area contributed by atoms with Crippen LogP contribution in [-0.4, -0.2) is 51.0 Å². The maximum Gasteiger partial charge on any atom is 0.226 e. The number of nitrogens with one attached hydrogen (secondary N) is 1. The van der Waals surface area contributed by atoms with Crippen molar-refractivity contribution >= 4 is 5.91 Å². The number of hydrogen-bond donors (Lipinski definition) is 2. The van der Waals surface area contributed by atoms with E-state index in [1.165, 1.54) is 11.8 Å². The van der Waals surface area contributed by atoms with E-state index in [1.807, 2.05) is 26.0 Å². The number of aromatic nitrogens is 3. The first-order valence-electron chi connectivity index (χ1n) is 8.54. The number of carbonyl (C=O) groups excluding carboxylic acids is 1. The van der Waals surface area contributed by atoms with Crippen molar-refractivity contribution in [2.45, 2.75) is 38.7 Å². The molecule has 2 N–H and O–H groups in total. The molecule has 0 bridgehead atoms. The van der Waals surface area contributed by atoms with Crippen molar-refractivity contribution in [3.05, 3.63) is 41.2 Å². The van der Waals surface area contributed by atoms with Gasteiger partial charge in [0.25, 0.3) is 0 Å². The van der Waals surface area contributed by atoms with E-state index in [-0.39, 0.29) is 18.9 Å². The summed E-state index contributed by atoms with van der Waals surface area (Å²) in [5.74, 6) is 0.780. The third kappa shape index (κ3) is 3.99. The Bertz CT molecular complexity index is 732. The predicted octanol–water partition coefficient (Wildman–Crippen LogP) is 1.70. The summed E-state index contributed by atoms with van der Waals surface area (Å²) in [6, 6.07) is 5.98. The molecule has 0 saturated carbocycles. The largest absolute Gasteiger partial charge is 0.493 e. The molecule has 1 aromatic carbocycles. The average molecular weight is 344 g/mol. The van der Waals surface area contributed by atoms with Crippen LogP contribution in [-0.2, 0) is 10.4 Å². The molecule has 7 nitrogen and oxygen atoms in total. The lowest BCUT2D eigenvalue weighted by Crippen LogP contribution is -2.49. The van der Waals surface area contributed by atoms with Gasteiger partial charge in [0.15, 0.2) is 0 Å². The zero-order chi connectivity index (χ0) is 17.9. The number of piperidine rings is 1. The second kappa shape index (κ2) is 7.23. The zero-order valence-corrected chi connectivity index (χ0v) is 14.7. The molecule has 2 aromatic rings. The van der Waals surface area contributed by atoms with Gasteiger partial charge in [-0.1, -0.05) is 17.7 Å². The fourth-order valence-electron chi connectivity index (χ4n) is 3.25. The molecule has 7 heteroatoms. The average Bonchev–Trinajstić information content (AvgIpc) is 3.12. The summed E-state index contributed by atoms with van der Waals surface area (Å²) in [4.78, 5) is 14.2. The molecule has 1 aliphatic rings. The summed E-state index contributed by atoms with van der Waals surface area (Å²) in [6.07, 6.45) is 3.09. The van der Waals surface area contributed by atoms with Crippen LogP contribution in [0.15, 0.2) is 24.4 Å². The van der Waals surface area contributed by atoms with Gasteiger partial charge in [0.05, 0.1) is 25.8 Å². The molecule has 1 fully saturated rings. The SMILES string of the molecule is Cc1ccc(OCCC(=O)N2CCCC(O)(c3cn[nH]n3)C2)c(C)c1. The van der Waals surface area contributed by atoms with Gasteiger partial charge in [-0.05, 0) is 38.3 Å². The monoisotopic (exact) mass is 344 g/mol. The van der Waals surface area contributed by atoms with Crippen molar-refractivity contribution < 1.29 is 14.6 Å². The molecular formula is C18H24N4O3. The highest BCUT2D eigenvalue weighted by Crippen LogP contribution is 2.30. The van der Waals surface area contributed by atoms with Gasteiger partial charge >= 0.3 is 0 Å². The first-order chi connectivity index (χ1) is 12.0. The van der Waals surface area contributed by atoms with Gasteiger partial charge < -0.3 is 14.7 Å². The number of aromatic amines is 1. The number of likely N-dealkylation sites (tertiary alicyclic amines) is 1. The van der Waals surface area contributed by atoms with Crippen LogP contribution in [0.1, 0.15) is 36.1 Å². The van der Waals surface area contributed by atoms with Crippen molar-refractivity contribution in [3.8, 4) is 5.75 Å². The molecule has 0 radical (unpaired) electrons. The number of benzene rings is 1. The first kappa shape index (κ1) is 17.4. The van der Waals surface area contributed by atoms with Gasteiger partial charge in [-0.3, -0.25) is 4.79 Å². The molecule has 1 saturated heterocycles. The minimum absolute atomic E-state index is 0.0219. The molecule has 2 heterocycles. The number of H-pyrrole nitrogens is 1. The normalized spacial score (nSPS) is 20.5. The lowest BCUT2D eigenvalue weighted by molar-refractivity contribution is -0.139. The van der Waals surface area contributed by atoms with Crippen molar-refractivity contribution in [2.75, 3.05) is 19.7 Å².